The summed E-state index contributed by atoms with van der Waals surface area (Å²) in [6, 6.07) is 8.40. The first kappa shape index (κ1) is 15.9. The second kappa shape index (κ2) is 8.71. The summed E-state index contributed by atoms with van der Waals surface area (Å²) in [5.41, 5.74) is 1.30. The van der Waals surface area contributed by atoms with E-state index in [1.54, 1.807) is 0 Å². The first-order valence-electron chi connectivity index (χ1n) is 8.19. The third kappa shape index (κ3) is 5.78. The Labute approximate surface area is 127 Å². The van der Waals surface area contributed by atoms with Crippen LogP contribution in [0.5, 0.6) is 5.75 Å². The van der Waals surface area contributed by atoms with E-state index >= 15 is 0 Å². The van der Waals surface area contributed by atoms with E-state index in [9.17, 15) is 4.79 Å². The fourth-order valence-corrected chi connectivity index (χ4v) is 2.76. The number of rotatable bonds is 8. The second-order valence-electron chi connectivity index (χ2n) is 5.68. The van der Waals surface area contributed by atoms with E-state index in [0.29, 0.717) is 19.1 Å². The van der Waals surface area contributed by atoms with E-state index in [1.807, 2.05) is 6.92 Å². The fourth-order valence-electron chi connectivity index (χ4n) is 2.76. The van der Waals surface area contributed by atoms with Crippen LogP contribution in [-0.4, -0.2) is 18.7 Å². The molecule has 0 atom stereocenters. The third-order valence-corrected chi connectivity index (χ3v) is 3.93. The summed E-state index contributed by atoms with van der Waals surface area (Å²) in [5, 5.41) is 0. The quantitative estimate of drug-likeness (QED) is 0.529. The Morgan fingerprint density at radius 2 is 1.86 bits per heavy atom. The highest BCUT2D eigenvalue weighted by molar-refractivity contribution is 5.69. The predicted octanol–water partition coefficient (Wildman–Crippen LogP) is 4.28. The van der Waals surface area contributed by atoms with Crippen molar-refractivity contribution in [1.29, 1.82) is 0 Å². The average Bonchev–Trinajstić information content (AvgIpc) is 2.98. The van der Waals surface area contributed by atoms with Gasteiger partial charge in [0.1, 0.15) is 5.75 Å². The van der Waals surface area contributed by atoms with Crippen LogP contribution in [0.25, 0.3) is 0 Å². The number of carbonyl (C=O) groups is 1. The SMILES string of the molecule is CCOC(=O)CCCCc1ccc(OC2CCCC2)cc1. The van der Waals surface area contributed by atoms with Crippen LogP contribution in [0, 0.1) is 0 Å². The Hall–Kier alpha value is -1.51. The smallest absolute Gasteiger partial charge is 0.305 e. The molecule has 1 aromatic carbocycles. The van der Waals surface area contributed by atoms with Crippen molar-refractivity contribution in [2.24, 2.45) is 0 Å². The summed E-state index contributed by atoms with van der Waals surface area (Å²) >= 11 is 0. The standard InChI is InChI=1S/C18H26O3/c1-2-20-18(19)10-6-3-7-15-11-13-17(14-12-15)21-16-8-4-5-9-16/h11-14,16H,2-10H2,1H3. The molecule has 116 valence electrons. The van der Waals surface area contributed by atoms with Gasteiger partial charge in [0.2, 0.25) is 0 Å². The van der Waals surface area contributed by atoms with E-state index in [0.717, 1.165) is 25.0 Å². The molecule has 1 saturated carbocycles. The van der Waals surface area contributed by atoms with E-state index in [2.05, 4.69) is 24.3 Å². The largest absolute Gasteiger partial charge is 0.490 e. The van der Waals surface area contributed by atoms with Crippen molar-refractivity contribution >= 4 is 5.97 Å². The molecule has 0 radical (unpaired) electrons. The van der Waals surface area contributed by atoms with E-state index < -0.39 is 0 Å². The monoisotopic (exact) mass is 290 g/mol. The average molecular weight is 290 g/mol. The number of aryl methyl sites for hydroxylation is 1. The molecule has 1 aromatic rings. The molecular weight excluding hydrogens is 264 g/mol. The van der Waals surface area contributed by atoms with Crippen molar-refractivity contribution in [3.8, 4) is 5.75 Å². The van der Waals surface area contributed by atoms with Crippen molar-refractivity contribution in [2.75, 3.05) is 6.61 Å². The minimum absolute atomic E-state index is 0.0854. The van der Waals surface area contributed by atoms with E-state index in [4.69, 9.17) is 9.47 Å². The molecule has 21 heavy (non-hydrogen) atoms. The van der Waals surface area contributed by atoms with Crippen molar-refractivity contribution in [1.82, 2.24) is 0 Å². The van der Waals surface area contributed by atoms with Crippen LogP contribution in [-0.2, 0) is 16.0 Å². The van der Waals surface area contributed by atoms with Crippen LogP contribution in [0.2, 0.25) is 0 Å². The van der Waals surface area contributed by atoms with Gasteiger partial charge in [0.15, 0.2) is 0 Å². The highest BCUT2D eigenvalue weighted by Gasteiger charge is 2.16. The highest BCUT2D eigenvalue weighted by atomic mass is 16.5. The molecule has 3 heteroatoms. The van der Waals surface area contributed by atoms with Gasteiger partial charge in [0.05, 0.1) is 12.7 Å². The second-order valence-corrected chi connectivity index (χ2v) is 5.68. The van der Waals surface area contributed by atoms with Gasteiger partial charge in [-0.15, -0.1) is 0 Å². The number of ether oxygens (including phenoxy) is 2. The lowest BCUT2D eigenvalue weighted by Crippen LogP contribution is -2.10. The normalized spacial score (nSPS) is 15.1. The molecule has 0 spiro atoms. The number of hydrogen-bond acceptors (Lipinski definition) is 3. The van der Waals surface area contributed by atoms with Gasteiger partial charge in [-0.25, -0.2) is 0 Å². The predicted molar refractivity (Wildman–Crippen MR) is 83.5 cm³/mol. The van der Waals surface area contributed by atoms with Crippen molar-refractivity contribution in [3.63, 3.8) is 0 Å². The van der Waals surface area contributed by atoms with Crippen LogP contribution in [0.3, 0.4) is 0 Å². The lowest BCUT2D eigenvalue weighted by Gasteiger charge is -2.13. The number of unbranched alkanes of at least 4 members (excludes halogenated alkanes) is 1. The number of hydrogen-bond donors (Lipinski definition) is 0. The maximum atomic E-state index is 11.2. The van der Waals surface area contributed by atoms with Gasteiger partial charge in [-0.1, -0.05) is 12.1 Å². The molecule has 0 bridgehead atoms. The molecule has 1 aliphatic carbocycles. The molecule has 0 saturated heterocycles. The number of benzene rings is 1. The van der Waals surface area contributed by atoms with Crippen LogP contribution in [0.1, 0.15) is 57.4 Å². The van der Waals surface area contributed by atoms with Gasteiger partial charge in [-0.2, -0.15) is 0 Å². The summed E-state index contributed by atoms with van der Waals surface area (Å²) in [4.78, 5) is 11.2. The summed E-state index contributed by atoms with van der Waals surface area (Å²) in [5.74, 6) is 0.898. The lowest BCUT2D eigenvalue weighted by atomic mass is 10.1. The van der Waals surface area contributed by atoms with Crippen molar-refractivity contribution in [2.45, 2.75) is 64.4 Å². The third-order valence-electron chi connectivity index (χ3n) is 3.93. The Kier molecular flexibility index (Phi) is 6.58. The number of carbonyl (C=O) groups excluding carboxylic acids is 1. The van der Waals surface area contributed by atoms with Gasteiger partial charge in [0.25, 0.3) is 0 Å². The number of esters is 1. The van der Waals surface area contributed by atoms with Gasteiger partial charge >= 0.3 is 5.97 Å². The zero-order chi connectivity index (χ0) is 14.9. The lowest BCUT2D eigenvalue weighted by molar-refractivity contribution is -0.143. The minimum Gasteiger partial charge on any atom is -0.490 e. The van der Waals surface area contributed by atoms with E-state index in [1.165, 1.54) is 31.2 Å². The van der Waals surface area contributed by atoms with Crippen molar-refractivity contribution < 1.29 is 14.3 Å². The summed E-state index contributed by atoms with van der Waals surface area (Å²) in [7, 11) is 0. The Bertz CT molecular complexity index is 419. The molecule has 0 amide bonds. The first-order chi connectivity index (χ1) is 10.3. The molecule has 0 aliphatic heterocycles. The van der Waals surface area contributed by atoms with Gasteiger partial charge in [-0.3, -0.25) is 4.79 Å². The summed E-state index contributed by atoms with van der Waals surface area (Å²) in [6.07, 6.45) is 8.82. The fraction of sp³-hybridized carbons (Fsp3) is 0.611. The Balaban J connectivity index is 1.66. The molecule has 0 heterocycles. The van der Waals surface area contributed by atoms with Crippen LogP contribution < -0.4 is 4.74 Å². The molecule has 1 fully saturated rings. The molecule has 0 N–H and O–H groups in total. The molecule has 0 aromatic heterocycles. The topological polar surface area (TPSA) is 35.5 Å². The van der Waals surface area contributed by atoms with Gasteiger partial charge in [-0.05, 0) is 69.6 Å². The zero-order valence-corrected chi connectivity index (χ0v) is 13.0. The molecular formula is C18H26O3. The van der Waals surface area contributed by atoms with E-state index in [-0.39, 0.29) is 5.97 Å². The minimum atomic E-state index is -0.0854. The van der Waals surface area contributed by atoms with Gasteiger partial charge in [0, 0.05) is 6.42 Å². The van der Waals surface area contributed by atoms with Crippen LogP contribution in [0.4, 0.5) is 0 Å². The molecule has 2 rings (SSSR count). The maximum Gasteiger partial charge on any atom is 0.305 e. The maximum absolute atomic E-state index is 11.2. The van der Waals surface area contributed by atoms with Crippen LogP contribution in [0.15, 0.2) is 24.3 Å². The zero-order valence-electron chi connectivity index (χ0n) is 13.0. The first-order valence-corrected chi connectivity index (χ1v) is 8.19. The summed E-state index contributed by atoms with van der Waals surface area (Å²) < 4.78 is 10.9. The Morgan fingerprint density at radius 1 is 1.14 bits per heavy atom. The van der Waals surface area contributed by atoms with Crippen molar-refractivity contribution in [3.05, 3.63) is 29.8 Å². The molecule has 0 unspecified atom stereocenters. The van der Waals surface area contributed by atoms with Crippen LogP contribution >= 0.6 is 0 Å². The van der Waals surface area contributed by atoms with Gasteiger partial charge < -0.3 is 9.47 Å². The highest BCUT2D eigenvalue weighted by Crippen LogP contribution is 2.24. The Morgan fingerprint density at radius 3 is 2.52 bits per heavy atom. The molecule has 3 nitrogen and oxygen atoms in total. The summed E-state index contributed by atoms with van der Waals surface area (Å²) in [6.45, 7) is 2.31. The molecule has 1 aliphatic rings.